The van der Waals surface area contributed by atoms with Crippen LogP contribution in [0.4, 0.5) is 0 Å². The van der Waals surface area contributed by atoms with Gasteiger partial charge in [-0.1, -0.05) is 181 Å². The predicted octanol–water partition coefficient (Wildman–Crippen LogP) is 23.8. The molecule has 0 amide bonds. The third-order valence-electron chi connectivity index (χ3n) is 15.3. The maximum absolute atomic E-state index is 13.9. The number of rotatable bonds is 42. The van der Waals surface area contributed by atoms with E-state index in [0.717, 1.165) is 146 Å². The van der Waals surface area contributed by atoms with Gasteiger partial charge in [-0.05, 0) is 277 Å². The molecule has 1 unspecified atom stereocenters. The highest BCUT2D eigenvalue weighted by Crippen LogP contribution is 2.26. The lowest BCUT2D eigenvalue weighted by molar-refractivity contribution is 0.341. The van der Waals surface area contributed by atoms with E-state index >= 15 is 0 Å². The van der Waals surface area contributed by atoms with Gasteiger partial charge in [-0.2, -0.15) is 0 Å². The molecule has 1 aromatic rings. The molecular weight excluding hydrogens is 993 g/mol. The molecule has 0 radical (unpaired) electrons. The summed E-state index contributed by atoms with van der Waals surface area (Å²) in [4.78, 5) is 0.384. The van der Waals surface area contributed by atoms with Crippen molar-refractivity contribution in [3.8, 4) is 0 Å². The van der Waals surface area contributed by atoms with Gasteiger partial charge in [-0.15, -0.1) is 0 Å². The van der Waals surface area contributed by atoms with Crippen LogP contribution in [-0.2, 0) is 9.84 Å². The summed E-state index contributed by atoms with van der Waals surface area (Å²) in [7, 11) is -3.54. The van der Waals surface area contributed by atoms with Crippen molar-refractivity contribution in [1.82, 2.24) is 0 Å². The van der Waals surface area contributed by atoms with Crippen molar-refractivity contribution in [2.75, 3.05) is 6.61 Å². The van der Waals surface area contributed by atoms with Gasteiger partial charge in [0.25, 0.3) is 0 Å². The number of sulfone groups is 1. The first kappa shape index (κ1) is 73.5. The minimum Gasteiger partial charge on any atom is -0.392 e. The third kappa shape index (κ3) is 39.8. The van der Waals surface area contributed by atoms with Gasteiger partial charge in [0, 0.05) is 0 Å². The fourth-order valence-corrected chi connectivity index (χ4v) is 11.5. The van der Waals surface area contributed by atoms with Crippen molar-refractivity contribution in [2.24, 2.45) is 0 Å². The van der Waals surface area contributed by atoms with Gasteiger partial charge in [0.1, 0.15) is 0 Å². The fourth-order valence-electron chi connectivity index (χ4n) is 9.72. The Morgan fingerprint density at radius 2 is 0.550 bits per heavy atom. The van der Waals surface area contributed by atoms with Gasteiger partial charge < -0.3 is 5.11 Å². The van der Waals surface area contributed by atoms with E-state index in [4.69, 9.17) is 5.11 Å². The van der Waals surface area contributed by atoms with Crippen molar-refractivity contribution in [3.63, 3.8) is 0 Å². The second-order valence-electron chi connectivity index (χ2n) is 24.1. The normalized spacial score (nSPS) is 15.3. The number of hydrogen-bond acceptors (Lipinski definition) is 3. The zero-order valence-electron chi connectivity index (χ0n) is 54.1. The number of aliphatic hydroxyl groups excluding tert-OH is 1. The summed E-state index contributed by atoms with van der Waals surface area (Å²) in [6.45, 7) is 33.4. The molecule has 4 heteroatoms. The molecule has 3 nitrogen and oxygen atoms in total. The van der Waals surface area contributed by atoms with Crippen LogP contribution in [0, 0.1) is 0 Å². The van der Waals surface area contributed by atoms with Crippen LogP contribution in [0.25, 0.3) is 0 Å². The number of aliphatic hydroxyl groups is 1. The quantitative estimate of drug-likeness (QED) is 0.0664. The molecule has 0 saturated heterocycles. The third-order valence-corrected chi connectivity index (χ3v) is 17.4. The zero-order chi connectivity index (χ0) is 59.6. The van der Waals surface area contributed by atoms with E-state index in [9.17, 15) is 8.42 Å². The largest absolute Gasteiger partial charge is 0.392 e. The maximum Gasteiger partial charge on any atom is 0.185 e. The fraction of sp³-hybridized carbons (Fsp3) is 0.553. The van der Waals surface area contributed by atoms with Gasteiger partial charge in [-0.3, -0.25) is 0 Å². The minimum absolute atomic E-state index is 0.0933. The van der Waals surface area contributed by atoms with E-state index in [1.54, 1.807) is 12.1 Å². The summed E-state index contributed by atoms with van der Waals surface area (Å²) in [6.07, 6.45) is 59.0. The second-order valence-corrected chi connectivity index (χ2v) is 26.3. The Kier molecular flexibility index (Phi) is 41.4. The molecule has 0 aromatic heterocycles. The van der Waals surface area contributed by atoms with Gasteiger partial charge in [0.05, 0.1) is 16.8 Å². The zero-order valence-corrected chi connectivity index (χ0v) is 54.9. The van der Waals surface area contributed by atoms with Crippen molar-refractivity contribution in [1.29, 1.82) is 0 Å². The highest BCUT2D eigenvalue weighted by molar-refractivity contribution is 7.92. The highest BCUT2D eigenvalue weighted by Gasteiger charge is 2.26. The molecule has 0 aliphatic carbocycles. The Labute approximate surface area is 495 Å². The van der Waals surface area contributed by atoms with Gasteiger partial charge in [0.15, 0.2) is 9.84 Å². The summed E-state index contributed by atoms with van der Waals surface area (Å²) in [5.74, 6) is 0. The van der Waals surface area contributed by atoms with Gasteiger partial charge in [0.2, 0.25) is 0 Å². The van der Waals surface area contributed by atoms with Crippen LogP contribution in [0.1, 0.15) is 264 Å². The lowest BCUT2D eigenvalue weighted by atomic mass is 10.0. The smallest absolute Gasteiger partial charge is 0.185 e. The molecule has 80 heavy (non-hydrogen) atoms. The van der Waals surface area contributed by atoms with E-state index < -0.39 is 15.1 Å². The summed E-state index contributed by atoms with van der Waals surface area (Å²) < 4.78 is 27.9. The van der Waals surface area contributed by atoms with Crippen molar-refractivity contribution < 1.29 is 13.5 Å². The van der Waals surface area contributed by atoms with E-state index in [-0.39, 0.29) is 6.61 Å². The highest BCUT2D eigenvalue weighted by atomic mass is 32.2. The van der Waals surface area contributed by atoms with Crippen molar-refractivity contribution in [2.45, 2.75) is 275 Å². The number of benzene rings is 1. The predicted molar refractivity (Wildman–Crippen MR) is 358 cm³/mol. The Morgan fingerprint density at radius 1 is 0.325 bits per heavy atom. The maximum atomic E-state index is 13.9. The van der Waals surface area contributed by atoms with Crippen LogP contribution in [-0.4, -0.2) is 25.4 Å². The Balaban J connectivity index is 2.47. The molecule has 0 heterocycles. The molecule has 0 saturated carbocycles. The molecule has 1 rings (SSSR count). The standard InChI is InChI=1S/C76H118O3S/c1-61(2)31-19-32-62(3)33-20-34-63(4)35-21-36-64(5)37-22-38-65(6)39-23-40-66(7)41-24-42-67(8)43-25-44-68(9)45-26-46-69(10)47-27-48-70(11)50-29-53-73(14)59-76(80(78,79)75-55-17-16-18-56-75)60-74(15)54-30-51-71(12)49-28-52-72(13)57-58-77/h16-18,31,33,35,37,39,41,43,45,47,49-50,54-57,59,76-77H,19-30,32,34,36,38,40,42,44,46,48,51-53,58,60H2,1-15H3/b62-33+,63-35+,64-37+,65-39+,66-41+,67-43+,68-45+,69-47+,70-50+,71-49+,72-57+,73-59-,74-54+. The van der Waals surface area contributed by atoms with E-state index in [2.05, 4.69) is 177 Å². The van der Waals surface area contributed by atoms with Crippen LogP contribution in [0.2, 0.25) is 0 Å². The van der Waals surface area contributed by atoms with Crippen molar-refractivity contribution >= 4 is 9.84 Å². The van der Waals surface area contributed by atoms with Crippen LogP contribution in [0.15, 0.2) is 198 Å². The van der Waals surface area contributed by atoms with E-state index in [1.807, 2.05) is 30.4 Å². The first-order valence-corrected chi connectivity index (χ1v) is 32.7. The summed E-state index contributed by atoms with van der Waals surface area (Å²) in [5.41, 5.74) is 19.6. The first-order chi connectivity index (χ1) is 38.1. The van der Waals surface area contributed by atoms with E-state index in [0.29, 0.717) is 11.3 Å². The minimum atomic E-state index is -3.54. The Hall–Kier alpha value is -4.51. The lowest BCUT2D eigenvalue weighted by Crippen LogP contribution is -2.20. The Bertz CT molecular complexity index is 2490. The van der Waals surface area contributed by atoms with E-state index in [1.165, 1.54) is 86.1 Å². The Morgan fingerprint density at radius 3 is 0.800 bits per heavy atom. The SMILES string of the molecule is CC(C)=CCC/C(C)=C/CC/C(C)=C/CC/C(C)=C/CC/C(C)=C/CC/C(C)=C/CC/C(C)=C/CC/C(C)=C/CC/C(C)=C/CC/C(C)=C/CC/C(C)=C\C(C/C(C)=C/CC/C(C)=C/CC/C(C)=C/CO)S(=O)(=O)c1ccccc1. The molecule has 0 fully saturated rings. The number of hydrogen-bond donors (Lipinski definition) is 1. The first-order valence-electron chi connectivity index (χ1n) is 31.2. The van der Waals surface area contributed by atoms with Crippen LogP contribution >= 0.6 is 0 Å². The summed E-state index contributed by atoms with van der Waals surface area (Å²) in [6, 6.07) is 8.92. The van der Waals surface area contributed by atoms with Crippen LogP contribution in [0.3, 0.4) is 0 Å². The molecule has 0 aliphatic rings. The molecule has 0 spiro atoms. The van der Waals surface area contributed by atoms with Crippen LogP contribution in [0.5, 0.6) is 0 Å². The average Bonchev–Trinajstić information content (AvgIpc) is 3.38. The molecule has 1 N–H and O–H groups in total. The molecule has 0 bridgehead atoms. The summed E-state index contributed by atoms with van der Waals surface area (Å²) >= 11 is 0. The molecule has 1 atom stereocenters. The topological polar surface area (TPSA) is 54.4 Å². The van der Waals surface area contributed by atoms with Gasteiger partial charge >= 0.3 is 0 Å². The van der Waals surface area contributed by atoms with Crippen LogP contribution < -0.4 is 0 Å². The second kappa shape index (κ2) is 45.1. The number of allylic oxidation sites excluding steroid dienone is 26. The molecular formula is C76H118O3S. The monoisotopic (exact) mass is 1110 g/mol. The van der Waals surface area contributed by atoms with Crippen molar-refractivity contribution in [3.05, 3.63) is 193 Å². The molecule has 1 aromatic carbocycles. The average molecular weight is 1110 g/mol. The molecule has 446 valence electrons. The van der Waals surface area contributed by atoms with Gasteiger partial charge in [-0.25, -0.2) is 8.42 Å². The summed E-state index contributed by atoms with van der Waals surface area (Å²) in [5, 5.41) is 8.51. The lowest BCUT2D eigenvalue weighted by Gasteiger charge is -2.16. The molecule has 0 aliphatic heterocycles.